The molecule has 2 aromatic rings. The Labute approximate surface area is 106 Å². The molecule has 0 saturated heterocycles. The molecule has 1 heterocycles. The molecule has 7 nitrogen and oxygen atoms in total. The minimum Gasteiger partial charge on any atom is -0.304 e. The minimum atomic E-state index is -0.699. The smallest absolute Gasteiger partial charge is 0.304 e. The number of hydrogen-bond donors (Lipinski definition) is 1. The van der Waals surface area contributed by atoms with Crippen molar-refractivity contribution in [1.82, 2.24) is 9.78 Å². The third-order valence-corrected chi connectivity index (χ3v) is 2.29. The first-order valence-electron chi connectivity index (χ1n) is 5.25. The highest BCUT2D eigenvalue weighted by atomic mass is 19.1. The van der Waals surface area contributed by atoms with Crippen molar-refractivity contribution in [3.63, 3.8) is 0 Å². The van der Waals surface area contributed by atoms with E-state index in [0.717, 1.165) is 10.9 Å². The van der Waals surface area contributed by atoms with Gasteiger partial charge in [0.05, 0.1) is 4.92 Å². The van der Waals surface area contributed by atoms with Crippen LogP contribution in [0, 0.1) is 15.9 Å². The van der Waals surface area contributed by atoms with Crippen molar-refractivity contribution in [3.05, 3.63) is 46.4 Å². The Morgan fingerprint density at radius 3 is 2.74 bits per heavy atom. The van der Waals surface area contributed by atoms with Crippen LogP contribution in [0.3, 0.4) is 0 Å². The Kier molecular flexibility index (Phi) is 3.23. The van der Waals surface area contributed by atoms with Gasteiger partial charge in [0.15, 0.2) is 0 Å². The molecule has 0 saturated carbocycles. The van der Waals surface area contributed by atoms with Gasteiger partial charge in [0.25, 0.3) is 0 Å². The molecule has 0 aliphatic rings. The summed E-state index contributed by atoms with van der Waals surface area (Å²) >= 11 is 0. The van der Waals surface area contributed by atoms with E-state index in [1.165, 1.54) is 25.1 Å². The summed E-state index contributed by atoms with van der Waals surface area (Å²) in [6.45, 7) is 1.20. The first kappa shape index (κ1) is 12.7. The van der Waals surface area contributed by atoms with Gasteiger partial charge in [-0.1, -0.05) is 12.1 Å². The fourth-order valence-electron chi connectivity index (χ4n) is 1.52. The van der Waals surface area contributed by atoms with Gasteiger partial charge in [0.2, 0.25) is 11.7 Å². The van der Waals surface area contributed by atoms with E-state index in [1.54, 1.807) is 6.07 Å². The maximum Gasteiger partial charge on any atom is 0.331 e. The number of rotatable bonds is 3. The van der Waals surface area contributed by atoms with E-state index in [2.05, 4.69) is 10.4 Å². The number of nitro groups is 1. The van der Waals surface area contributed by atoms with Gasteiger partial charge < -0.3 is 5.32 Å². The molecule has 2 rings (SSSR count). The van der Waals surface area contributed by atoms with Crippen LogP contribution in [0.4, 0.5) is 15.9 Å². The second-order valence-corrected chi connectivity index (χ2v) is 3.70. The van der Waals surface area contributed by atoms with Crippen molar-refractivity contribution < 1.29 is 14.1 Å². The molecule has 1 amide bonds. The zero-order valence-corrected chi connectivity index (χ0v) is 9.83. The Bertz CT molecular complexity index is 653. The van der Waals surface area contributed by atoms with Gasteiger partial charge in [0, 0.05) is 6.92 Å². The lowest BCUT2D eigenvalue weighted by molar-refractivity contribution is -0.384. The molecule has 0 spiro atoms. The number of hydrogen-bond acceptors (Lipinski definition) is 4. The molecule has 1 N–H and O–H groups in total. The highest BCUT2D eigenvalue weighted by Gasteiger charge is 2.21. The molecule has 0 atom stereocenters. The van der Waals surface area contributed by atoms with Gasteiger partial charge >= 0.3 is 5.69 Å². The molecular weight excluding hydrogens is 255 g/mol. The molecule has 19 heavy (non-hydrogen) atoms. The van der Waals surface area contributed by atoms with Crippen LogP contribution in [0.2, 0.25) is 0 Å². The van der Waals surface area contributed by atoms with Gasteiger partial charge in [0.1, 0.15) is 17.7 Å². The number of amides is 1. The highest BCUT2D eigenvalue weighted by Crippen LogP contribution is 2.25. The van der Waals surface area contributed by atoms with Crippen LogP contribution >= 0.6 is 0 Å². The van der Waals surface area contributed by atoms with Gasteiger partial charge in [-0.2, -0.15) is 0 Å². The summed E-state index contributed by atoms with van der Waals surface area (Å²) in [6.07, 6.45) is 1.05. The number of para-hydroxylation sites is 1. The summed E-state index contributed by atoms with van der Waals surface area (Å²) in [5.74, 6) is -1.29. The molecule has 0 bridgehead atoms. The summed E-state index contributed by atoms with van der Waals surface area (Å²) in [7, 11) is 0. The lowest BCUT2D eigenvalue weighted by atomic mass is 10.3. The summed E-state index contributed by atoms with van der Waals surface area (Å²) in [5, 5.41) is 16.9. The van der Waals surface area contributed by atoms with Crippen molar-refractivity contribution in [3.8, 4) is 5.69 Å². The molecule has 1 aromatic carbocycles. The van der Waals surface area contributed by atoms with Crippen molar-refractivity contribution in [2.24, 2.45) is 0 Å². The zero-order chi connectivity index (χ0) is 14.0. The van der Waals surface area contributed by atoms with Crippen molar-refractivity contribution in [1.29, 1.82) is 0 Å². The monoisotopic (exact) mass is 264 g/mol. The first-order valence-corrected chi connectivity index (χ1v) is 5.25. The highest BCUT2D eigenvalue weighted by molar-refractivity contribution is 5.89. The molecule has 0 aliphatic heterocycles. The zero-order valence-electron chi connectivity index (χ0n) is 9.83. The lowest BCUT2D eigenvalue weighted by Crippen LogP contribution is -2.08. The van der Waals surface area contributed by atoms with Crippen LogP contribution in [0.15, 0.2) is 30.5 Å². The Morgan fingerprint density at radius 2 is 2.16 bits per heavy atom. The second kappa shape index (κ2) is 4.84. The summed E-state index contributed by atoms with van der Waals surface area (Å²) in [5.41, 5.74) is -0.347. The number of carbonyl (C=O) groups is 1. The minimum absolute atomic E-state index is 0.0576. The number of aromatic nitrogens is 2. The second-order valence-electron chi connectivity index (χ2n) is 3.70. The van der Waals surface area contributed by atoms with E-state index in [-0.39, 0.29) is 11.5 Å². The van der Waals surface area contributed by atoms with E-state index in [9.17, 15) is 19.3 Å². The maximum atomic E-state index is 13.6. The fraction of sp³-hybridized carbons (Fsp3) is 0.0909. The number of nitrogens with zero attached hydrogens (tertiary/aromatic N) is 3. The lowest BCUT2D eigenvalue weighted by Gasteiger charge is -2.01. The van der Waals surface area contributed by atoms with Crippen LogP contribution < -0.4 is 5.32 Å². The third-order valence-electron chi connectivity index (χ3n) is 2.29. The SMILES string of the molecule is CC(=O)Nc1nn(-c2ccccc2F)cc1[N+](=O)[O-]. The quantitative estimate of drug-likeness (QED) is 0.676. The number of halogens is 1. The largest absolute Gasteiger partial charge is 0.331 e. The van der Waals surface area contributed by atoms with E-state index in [4.69, 9.17) is 0 Å². The fourth-order valence-corrected chi connectivity index (χ4v) is 1.52. The predicted octanol–water partition coefficient (Wildman–Crippen LogP) is 1.88. The Balaban J connectivity index is 2.52. The van der Waals surface area contributed by atoms with Gasteiger partial charge in [-0.3, -0.25) is 14.9 Å². The number of benzene rings is 1. The molecule has 0 aliphatic carbocycles. The maximum absolute atomic E-state index is 13.6. The van der Waals surface area contributed by atoms with Crippen LogP contribution in [0.1, 0.15) is 6.92 Å². The Morgan fingerprint density at radius 1 is 1.47 bits per heavy atom. The summed E-state index contributed by atoms with van der Waals surface area (Å²) in [6, 6.07) is 5.69. The molecule has 0 fully saturated rings. The van der Waals surface area contributed by atoms with Crippen molar-refractivity contribution >= 4 is 17.4 Å². The van der Waals surface area contributed by atoms with Crippen molar-refractivity contribution in [2.75, 3.05) is 5.32 Å². The number of carbonyl (C=O) groups excluding carboxylic acids is 1. The topological polar surface area (TPSA) is 90.1 Å². The molecule has 98 valence electrons. The van der Waals surface area contributed by atoms with Crippen LogP contribution in [-0.2, 0) is 4.79 Å². The van der Waals surface area contributed by atoms with E-state index < -0.39 is 22.3 Å². The molecule has 0 radical (unpaired) electrons. The molecule has 0 unspecified atom stereocenters. The van der Waals surface area contributed by atoms with Gasteiger partial charge in [-0.15, -0.1) is 5.10 Å². The van der Waals surface area contributed by atoms with E-state index in [0.29, 0.717) is 0 Å². The van der Waals surface area contributed by atoms with Crippen molar-refractivity contribution in [2.45, 2.75) is 6.92 Å². The average Bonchev–Trinajstić information content (AvgIpc) is 2.72. The predicted molar refractivity (Wildman–Crippen MR) is 64.5 cm³/mol. The summed E-state index contributed by atoms with van der Waals surface area (Å²) < 4.78 is 14.6. The first-order chi connectivity index (χ1) is 8.99. The number of anilines is 1. The average molecular weight is 264 g/mol. The van der Waals surface area contributed by atoms with E-state index >= 15 is 0 Å². The number of nitrogens with one attached hydrogen (secondary N) is 1. The van der Waals surface area contributed by atoms with Crippen LogP contribution in [-0.4, -0.2) is 20.6 Å². The van der Waals surface area contributed by atoms with E-state index in [1.807, 2.05) is 0 Å². The molecule has 1 aromatic heterocycles. The van der Waals surface area contributed by atoms with Gasteiger partial charge in [-0.05, 0) is 12.1 Å². The third kappa shape index (κ3) is 2.57. The van der Waals surface area contributed by atoms with Crippen LogP contribution in [0.25, 0.3) is 5.69 Å². The van der Waals surface area contributed by atoms with Gasteiger partial charge in [-0.25, -0.2) is 9.07 Å². The molecular formula is C11H9FN4O3. The van der Waals surface area contributed by atoms with Crippen LogP contribution in [0.5, 0.6) is 0 Å². The summed E-state index contributed by atoms with van der Waals surface area (Å²) in [4.78, 5) is 21.1. The standard InChI is InChI=1S/C11H9FN4O3/c1-7(17)13-11-10(16(18)19)6-15(14-11)9-5-3-2-4-8(9)12/h2-6H,1H3,(H,13,14,17). The molecule has 8 heteroatoms. The Hall–Kier alpha value is -2.77. The normalized spacial score (nSPS) is 10.2.